The molecule has 2 aromatic rings. The van der Waals surface area contributed by atoms with Crippen molar-refractivity contribution in [3.63, 3.8) is 0 Å². The van der Waals surface area contributed by atoms with Gasteiger partial charge in [0, 0.05) is 67.7 Å². The van der Waals surface area contributed by atoms with Gasteiger partial charge in [-0.15, -0.1) is 0 Å². The number of benzene rings is 1. The number of ether oxygens (including phenoxy) is 1. The van der Waals surface area contributed by atoms with E-state index in [2.05, 4.69) is 23.7 Å². The molecule has 3 heterocycles. The maximum absolute atomic E-state index is 13.1. The molecule has 0 saturated carbocycles. The van der Waals surface area contributed by atoms with Gasteiger partial charge in [-0.2, -0.15) is 0 Å². The van der Waals surface area contributed by atoms with Gasteiger partial charge in [0.25, 0.3) is 5.91 Å². The second-order valence-electron chi connectivity index (χ2n) is 9.90. The number of carbonyl (C=O) groups excluding carboxylic acids is 2. The van der Waals surface area contributed by atoms with Crippen LogP contribution in [0.15, 0.2) is 30.5 Å². The summed E-state index contributed by atoms with van der Waals surface area (Å²) in [6.45, 7) is 11.7. The number of halogens is 1. The Morgan fingerprint density at radius 3 is 2.62 bits per heavy atom. The molecule has 4 rings (SSSR count). The van der Waals surface area contributed by atoms with Gasteiger partial charge in [0.05, 0.1) is 0 Å². The van der Waals surface area contributed by atoms with E-state index in [9.17, 15) is 9.59 Å². The van der Waals surface area contributed by atoms with Crippen LogP contribution in [0.25, 0.3) is 0 Å². The molecule has 0 spiro atoms. The van der Waals surface area contributed by atoms with Crippen LogP contribution in [-0.4, -0.2) is 64.4 Å². The molecule has 2 aliphatic heterocycles. The SMILES string of the molecule is Cc1ccc(C(=O)Cc2cc(Cl)cc(CN3CCN(C(=O)[C@@]4(C)CCCO4)[C@@H](C)C3)c2C)cn1. The number of Topliss-reactive ketones (excluding diaryl/α,β-unsaturated/α-hetero) is 1. The lowest BCUT2D eigenvalue weighted by atomic mass is 9.95. The quantitative estimate of drug-likeness (QED) is 0.570. The molecule has 2 saturated heterocycles. The maximum atomic E-state index is 13.1. The average Bonchev–Trinajstić information content (AvgIpc) is 3.25. The Morgan fingerprint density at radius 2 is 1.97 bits per heavy atom. The highest BCUT2D eigenvalue weighted by Gasteiger charge is 2.43. The van der Waals surface area contributed by atoms with E-state index >= 15 is 0 Å². The Bertz CT molecular complexity index is 1060. The lowest BCUT2D eigenvalue weighted by Crippen LogP contribution is -2.58. The lowest BCUT2D eigenvalue weighted by molar-refractivity contribution is -0.155. The van der Waals surface area contributed by atoms with Gasteiger partial charge in [-0.25, -0.2) is 0 Å². The van der Waals surface area contributed by atoms with Crippen LogP contribution < -0.4 is 0 Å². The third-order valence-corrected chi connectivity index (χ3v) is 7.43. The summed E-state index contributed by atoms with van der Waals surface area (Å²) in [5, 5.41) is 0.638. The molecular weight excluding hydrogens is 450 g/mol. The minimum atomic E-state index is -0.672. The Kier molecular flexibility index (Phi) is 7.41. The summed E-state index contributed by atoms with van der Waals surface area (Å²) < 4.78 is 5.79. The number of pyridine rings is 1. The molecule has 34 heavy (non-hydrogen) atoms. The van der Waals surface area contributed by atoms with Crippen LogP contribution in [0.3, 0.4) is 0 Å². The number of nitrogens with zero attached hydrogens (tertiary/aromatic N) is 3. The standard InChI is InChI=1S/C27H34ClN3O3/c1-18-6-7-21(15-29-18)25(32)14-22-12-24(28)13-23(20(22)3)17-30-9-10-31(19(2)16-30)26(33)27(4)8-5-11-34-27/h6-7,12-13,15,19H,5,8-11,14,16-17H2,1-4H3/t19-,27+/m0/s1. The van der Waals surface area contributed by atoms with E-state index < -0.39 is 5.60 Å². The van der Waals surface area contributed by atoms with E-state index in [1.807, 2.05) is 43.0 Å². The largest absolute Gasteiger partial charge is 0.365 e. The van der Waals surface area contributed by atoms with Gasteiger partial charge in [0.2, 0.25) is 0 Å². The van der Waals surface area contributed by atoms with Crippen molar-refractivity contribution in [2.75, 3.05) is 26.2 Å². The number of hydrogen-bond donors (Lipinski definition) is 0. The van der Waals surface area contributed by atoms with Crippen LogP contribution in [0.4, 0.5) is 0 Å². The Labute approximate surface area is 207 Å². The summed E-state index contributed by atoms with van der Waals surface area (Å²) in [6.07, 6.45) is 3.66. The van der Waals surface area contributed by atoms with E-state index in [0.29, 0.717) is 30.2 Å². The van der Waals surface area contributed by atoms with Crippen LogP contribution in [0, 0.1) is 13.8 Å². The smallest absolute Gasteiger partial charge is 0.254 e. The van der Waals surface area contributed by atoms with Crippen LogP contribution in [0.1, 0.15) is 59.4 Å². The van der Waals surface area contributed by atoms with Gasteiger partial charge in [-0.05, 0) is 81.5 Å². The highest BCUT2D eigenvalue weighted by Crippen LogP contribution is 2.30. The average molecular weight is 484 g/mol. The van der Waals surface area contributed by atoms with Crippen molar-refractivity contribution in [2.24, 2.45) is 0 Å². The number of ketones is 1. The summed E-state index contributed by atoms with van der Waals surface area (Å²) >= 11 is 6.46. The van der Waals surface area contributed by atoms with E-state index in [1.54, 1.807) is 6.20 Å². The normalized spacial score (nSPS) is 23.3. The molecule has 0 radical (unpaired) electrons. The predicted octanol–water partition coefficient (Wildman–Crippen LogP) is 4.38. The second-order valence-corrected chi connectivity index (χ2v) is 10.3. The van der Waals surface area contributed by atoms with Gasteiger partial charge >= 0.3 is 0 Å². The molecule has 7 heteroatoms. The molecule has 2 aliphatic rings. The van der Waals surface area contributed by atoms with Gasteiger partial charge < -0.3 is 9.64 Å². The van der Waals surface area contributed by atoms with Crippen molar-refractivity contribution in [3.05, 3.63) is 63.4 Å². The minimum Gasteiger partial charge on any atom is -0.365 e. The number of aryl methyl sites for hydroxylation is 1. The van der Waals surface area contributed by atoms with Gasteiger partial charge in [-0.3, -0.25) is 19.5 Å². The Hall–Kier alpha value is -2.28. The zero-order valence-electron chi connectivity index (χ0n) is 20.6. The highest BCUT2D eigenvalue weighted by atomic mass is 35.5. The molecule has 0 bridgehead atoms. The lowest BCUT2D eigenvalue weighted by Gasteiger charge is -2.42. The van der Waals surface area contributed by atoms with Crippen molar-refractivity contribution in [1.82, 2.24) is 14.8 Å². The number of rotatable bonds is 6. The molecular formula is C27H34ClN3O3. The zero-order chi connectivity index (χ0) is 24.5. The monoisotopic (exact) mass is 483 g/mol. The fourth-order valence-electron chi connectivity index (χ4n) is 5.02. The van der Waals surface area contributed by atoms with Gasteiger partial charge in [0.15, 0.2) is 5.78 Å². The number of piperazine rings is 1. The van der Waals surface area contributed by atoms with Gasteiger partial charge in [0.1, 0.15) is 5.60 Å². The van der Waals surface area contributed by atoms with E-state index in [4.69, 9.17) is 16.3 Å². The summed E-state index contributed by atoms with van der Waals surface area (Å²) in [5.41, 5.74) is 3.99. The van der Waals surface area contributed by atoms with Crippen LogP contribution in [-0.2, 0) is 22.5 Å². The summed E-state index contributed by atoms with van der Waals surface area (Å²) in [7, 11) is 0. The molecule has 0 N–H and O–H groups in total. The first-order valence-electron chi connectivity index (χ1n) is 12.1. The third kappa shape index (κ3) is 5.35. The van der Waals surface area contributed by atoms with Crippen molar-refractivity contribution in [3.8, 4) is 0 Å². The van der Waals surface area contributed by atoms with Crippen molar-refractivity contribution in [2.45, 2.75) is 65.1 Å². The molecule has 1 aromatic carbocycles. The van der Waals surface area contributed by atoms with Crippen LogP contribution in [0.5, 0.6) is 0 Å². The number of aromatic nitrogens is 1. The van der Waals surface area contributed by atoms with Crippen LogP contribution >= 0.6 is 11.6 Å². The Morgan fingerprint density at radius 1 is 1.21 bits per heavy atom. The van der Waals surface area contributed by atoms with E-state index in [-0.39, 0.29) is 17.7 Å². The molecule has 0 unspecified atom stereocenters. The third-order valence-electron chi connectivity index (χ3n) is 7.21. The summed E-state index contributed by atoms with van der Waals surface area (Å²) in [5.74, 6) is 0.148. The summed E-state index contributed by atoms with van der Waals surface area (Å²) in [4.78, 5) is 34.5. The number of hydrogen-bond acceptors (Lipinski definition) is 5. The number of carbonyl (C=O) groups is 2. The molecule has 0 aliphatic carbocycles. The van der Waals surface area contributed by atoms with E-state index in [0.717, 1.165) is 54.9 Å². The first kappa shape index (κ1) is 24.8. The maximum Gasteiger partial charge on any atom is 0.254 e. The fraction of sp³-hybridized carbons (Fsp3) is 0.519. The zero-order valence-corrected chi connectivity index (χ0v) is 21.3. The number of amides is 1. The molecule has 1 amide bonds. The molecule has 1 aromatic heterocycles. The minimum absolute atomic E-state index is 0.0344. The van der Waals surface area contributed by atoms with Crippen LogP contribution in [0.2, 0.25) is 5.02 Å². The van der Waals surface area contributed by atoms with Crippen molar-refractivity contribution < 1.29 is 14.3 Å². The second kappa shape index (κ2) is 10.1. The molecule has 2 atom stereocenters. The topological polar surface area (TPSA) is 62.7 Å². The molecule has 182 valence electrons. The van der Waals surface area contributed by atoms with E-state index in [1.165, 1.54) is 0 Å². The first-order chi connectivity index (χ1) is 16.2. The molecule has 6 nitrogen and oxygen atoms in total. The highest BCUT2D eigenvalue weighted by molar-refractivity contribution is 6.30. The first-order valence-corrected chi connectivity index (χ1v) is 12.5. The van der Waals surface area contributed by atoms with Crippen molar-refractivity contribution >= 4 is 23.3 Å². The Balaban J connectivity index is 1.43. The van der Waals surface area contributed by atoms with Crippen molar-refractivity contribution in [1.29, 1.82) is 0 Å². The fourth-order valence-corrected chi connectivity index (χ4v) is 5.29. The predicted molar refractivity (Wildman–Crippen MR) is 133 cm³/mol. The molecule has 2 fully saturated rings. The summed E-state index contributed by atoms with van der Waals surface area (Å²) in [6, 6.07) is 7.67. The van der Waals surface area contributed by atoms with Gasteiger partial charge in [-0.1, -0.05) is 11.6 Å².